The first-order valence-electron chi connectivity index (χ1n) is 10.3. The molecule has 1 aromatic carbocycles. The van der Waals surface area contributed by atoms with Crippen molar-refractivity contribution in [2.24, 2.45) is 0 Å². The van der Waals surface area contributed by atoms with E-state index in [1.54, 1.807) is 12.1 Å². The molecule has 0 spiro atoms. The van der Waals surface area contributed by atoms with Gasteiger partial charge in [-0.3, -0.25) is 9.69 Å². The van der Waals surface area contributed by atoms with Gasteiger partial charge in [0.15, 0.2) is 0 Å². The number of aromatic nitrogens is 2. The molecule has 0 unspecified atom stereocenters. The van der Waals surface area contributed by atoms with Gasteiger partial charge in [-0.15, -0.1) is 0 Å². The molecule has 2 aliphatic heterocycles. The van der Waals surface area contributed by atoms with Crippen molar-refractivity contribution >= 4 is 0 Å². The second kappa shape index (κ2) is 6.78. The molecule has 2 atom stereocenters. The minimum absolute atomic E-state index is 0.154. The summed E-state index contributed by atoms with van der Waals surface area (Å²) in [5, 5.41) is 15.8. The molecule has 28 heavy (non-hydrogen) atoms. The van der Waals surface area contributed by atoms with E-state index in [4.69, 9.17) is 0 Å². The van der Waals surface area contributed by atoms with Crippen LogP contribution < -0.4 is 5.56 Å². The summed E-state index contributed by atoms with van der Waals surface area (Å²) in [5.74, 6) is 0.302. The summed E-state index contributed by atoms with van der Waals surface area (Å²) in [4.78, 5) is 14.6. The van der Waals surface area contributed by atoms with Gasteiger partial charge in [-0.2, -0.15) is 5.10 Å². The molecule has 5 rings (SSSR count). The van der Waals surface area contributed by atoms with Crippen LogP contribution >= 0.6 is 0 Å². The average Bonchev–Trinajstić information content (AvgIpc) is 3.47. The first-order valence-corrected chi connectivity index (χ1v) is 10.3. The summed E-state index contributed by atoms with van der Waals surface area (Å²) >= 11 is 0. The van der Waals surface area contributed by atoms with E-state index in [2.05, 4.69) is 10.00 Å². The van der Waals surface area contributed by atoms with Gasteiger partial charge < -0.3 is 5.11 Å². The lowest BCUT2D eigenvalue weighted by atomic mass is 9.85. The zero-order valence-electron chi connectivity index (χ0n) is 15.9. The topological polar surface area (TPSA) is 58.4 Å². The van der Waals surface area contributed by atoms with Gasteiger partial charge in [-0.1, -0.05) is 18.2 Å². The van der Waals surface area contributed by atoms with E-state index in [0.29, 0.717) is 30.9 Å². The first kappa shape index (κ1) is 18.0. The normalized spacial score (nSPS) is 29.9. The molecule has 1 N–H and O–H groups in total. The van der Waals surface area contributed by atoms with Crippen LogP contribution in [0.4, 0.5) is 4.39 Å². The standard InChI is InChI=1S/C22H26FN3O2/c23-19-4-2-1-3-16(19)13-25-17-7-8-18(25)12-22(28,11-17)14-26-21(27)10-9-20(24-26)15-5-6-15/h1-4,9-10,15,17-18,28H,5-8,11-14H2/t17-,18-/m0/s1. The van der Waals surface area contributed by atoms with Crippen molar-refractivity contribution in [3.63, 3.8) is 0 Å². The highest BCUT2D eigenvalue weighted by molar-refractivity contribution is 5.18. The summed E-state index contributed by atoms with van der Waals surface area (Å²) in [7, 11) is 0. The van der Waals surface area contributed by atoms with Crippen LogP contribution in [0.25, 0.3) is 0 Å². The summed E-state index contributed by atoms with van der Waals surface area (Å²) in [5.41, 5.74) is 0.582. The van der Waals surface area contributed by atoms with Crippen molar-refractivity contribution in [3.05, 3.63) is 63.8 Å². The minimum atomic E-state index is -0.934. The Bertz CT molecular complexity index is 925. The van der Waals surface area contributed by atoms with Crippen LogP contribution in [0.1, 0.15) is 55.7 Å². The van der Waals surface area contributed by atoms with Crippen LogP contribution in [-0.4, -0.2) is 37.5 Å². The highest BCUT2D eigenvalue weighted by Gasteiger charge is 2.48. The molecule has 2 saturated heterocycles. The Morgan fingerprint density at radius 2 is 1.79 bits per heavy atom. The fraction of sp³-hybridized carbons (Fsp3) is 0.545. The molecular weight excluding hydrogens is 357 g/mol. The second-order valence-electron chi connectivity index (χ2n) is 8.81. The average molecular weight is 383 g/mol. The maximum Gasteiger partial charge on any atom is 0.266 e. The molecule has 3 fully saturated rings. The molecule has 3 heterocycles. The third kappa shape index (κ3) is 3.40. The van der Waals surface area contributed by atoms with Crippen LogP contribution in [0.5, 0.6) is 0 Å². The Morgan fingerprint density at radius 1 is 1.07 bits per heavy atom. The van der Waals surface area contributed by atoms with E-state index in [9.17, 15) is 14.3 Å². The van der Waals surface area contributed by atoms with Crippen LogP contribution in [0.15, 0.2) is 41.2 Å². The molecule has 1 saturated carbocycles. The SMILES string of the molecule is O=c1ccc(C2CC2)nn1CC1(O)C[C@@H]2CC[C@@H](C1)N2Cc1ccccc1F. The number of fused-ring (bicyclic) bond motifs is 2. The van der Waals surface area contributed by atoms with E-state index in [1.807, 2.05) is 18.2 Å². The lowest BCUT2D eigenvalue weighted by Gasteiger charge is -2.43. The van der Waals surface area contributed by atoms with Crippen molar-refractivity contribution in [1.29, 1.82) is 0 Å². The number of piperidine rings is 1. The number of halogens is 1. The van der Waals surface area contributed by atoms with Crippen molar-refractivity contribution < 1.29 is 9.50 Å². The lowest BCUT2D eigenvalue weighted by Crippen LogP contribution is -2.53. The predicted molar refractivity (Wildman–Crippen MR) is 103 cm³/mol. The highest BCUT2D eigenvalue weighted by atomic mass is 19.1. The Labute approximate surface area is 163 Å². The third-order valence-electron chi connectivity index (χ3n) is 6.64. The highest BCUT2D eigenvalue weighted by Crippen LogP contribution is 2.42. The minimum Gasteiger partial charge on any atom is -0.388 e. The van der Waals surface area contributed by atoms with Crippen molar-refractivity contribution in [2.45, 2.75) is 75.2 Å². The van der Waals surface area contributed by atoms with Gasteiger partial charge in [0.05, 0.1) is 17.8 Å². The summed E-state index contributed by atoms with van der Waals surface area (Å²) in [6.07, 6.45) is 5.46. The molecule has 1 aromatic heterocycles. The van der Waals surface area contributed by atoms with E-state index >= 15 is 0 Å². The number of aliphatic hydroxyl groups is 1. The largest absolute Gasteiger partial charge is 0.388 e. The number of hydrogen-bond acceptors (Lipinski definition) is 4. The van der Waals surface area contributed by atoms with Gasteiger partial charge in [-0.25, -0.2) is 9.07 Å². The number of hydrogen-bond donors (Lipinski definition) is 1. The monoisotopic (exact) mass is 383 g/mol. The molecular formula is C22H26FN3O2. The first-order chi connectivity index (χ1) is 13.5. The molecule has 2 bridgehead atoms. The van der Waals surface area contributed by atoms with E-state index < -0.39 is 5.60 Å². The maximum atomic E-state index is 14.1. The summed E-state index contributed by atoms with van der Waals surface area (Å²) in [6.45, 7) is 0.820. The number of nitrogens with zero attached hydrogens (tertiary/aromatic N) is 3. The molecule has 148 valence electrons. The Morgan fingerprint density at radius 3 is 2.46 bits per heavy atom. The molecule has 3 aliphatic rings. The Kier molecular flexibility index (Phi) is 4.36. The Hall–Kier alpha value is -2.05. The summed E-state index contributed by atoms with van der Waals surface area (Å²) < 4.78 is 15.5. The van der Waals surface area contributed by atoms with Crippen LogP contribution in [0.3, 0.4) is 0 Å². The lowest BCUT2D eigenvalue weighted by molar-refractivity contribution is -0.0679. The fourth-order valence-electron chi connectivity index (χ4n) is 5.08. The van der Waals surface area contributed by atoms with Gasteiger partial charge in [0.2, 0.25) is 0 Å². The third-order valence-corrected chi connectivity index (χ3v) is 6.64. The fourth-order valence-corrected chi connectivity index (χ4v) is 5.08. The zero-order chi connectivity index (χ0) is 19.3. The van der Waals surface area contributed by atoms with E-state index in [1.165, 1.54) is 10.7 Å². The number of benzene rings is 1. The molecule has 6 heteroatoms. The molecule has 2 aromatic rings. The van der Waals surface area contributed by atoms with Crippen molar-refractivity contribution in [2.75, 3.05) is 0 Å². The van der Waals surface area contributed by atoms with Gasteiger partial charge in [0.25, 0.3) is 5.56 Å². The van der Waals surface area contributed by atoms with Crippen molar-refractivity contribution in [1.82, 2.24) is 14.7 Å². The van der Waals surface area contributed by atoms with Gasteiger partial charge in [0, 0.05) is 36.2 Å². The quantitative estimate of drug-likeness (QED) is 0.863. The zero-order valence-corrected chi connectivity index (χ0v) is 15.9. The molecule has 0 radical (unpaired) electrons. The maximum absolute atomic E-state index is 14.1. The number of rotatable bonds is 5. The van der Waals surface area contributed by atoms with E-state index in [0.717, 1.165) is 31.4 Å². The van der Waals surface area contributed by atoms with Crippen molar-refractivity contribution in [3.8, 4) is 0 Å². The van der Waals surface area contributed by atoms with Gasteiger partial charge >= 0.3 is 0 Å². The molecule has 0 amide bonds. The molecule has 1 aliphatic carbocycles. The van der Waals surface area contributed by atoms with Crippen LogP contribution in [-0.2, 0) is 13.1 Å². The summed E-state index contributed by atoms with van der Waals surface area (Å²) in [6, 6.07) is 10.7. The smallest absolute Gasteiger partial charge is 0.266 e. The predicted octanol–water partition coefficient (Wildman–Crippen LogP) is 2.82. The van der Waals surface area contributed by atoms with E-state index in [-0.39, 0.29) is 30.0 Å². The Balaban J connectivity index is 1.33. The van der Waals surface area contributed by atoms with Gasteiger partial charge in [0.1, 0.15) is 5.82 Å². The second-order valence-corrected chi connectivity index (χ2v) is 8.81. The van der Waals surface area contributed by atoms with Crippen LogP contribution in [0, 0.1) is 5.82 Å². The van der Waals surface area contributed by atoms with Crippen LogP contribution in [0.2, 0.25) is 0 Å². The molecule has 5 nitrogen and oxygen atoms in total. The van der Waals surface area contributed by atoms with Gasteiger partial charge in [-0.05, 0) is 50.7 Å².